The van der Waals surface area contributed by atoms with Crippen LogP contribution in [0.25, 0.3) is 5.69 Å². The first-order valence-corrected chi connectivity index (χ1v) is 8.16. The monoisotopic (exact) mass is 357 g/mol. The Kier molecular flexibility index (Phi) is 3.99. The number of aromatic nitrogens is 2. The molecule has 0 atom stereocenters. The molecule has 0 saturated heterocycles. The zero-order valence-corrected chi connectivity index (χ0v) is 13.6. The fraction of sp³-hybridized carbons (Fsp3) is 0.158. The van der Waals surface area contributed by atoms with Gasteiger partial charge in [0.25, 0.3) is 5.91 Å². The molecule has 7 heteroatoms. The summed E-state index contributed by atoms with van der Waals surface area (Å²) < 4.78 is 42.2. The van der Waals surface area contributed by atoms with Gasteiger partial charge in [0, 0.05) is 23.0 Å². The molecule has 1 aliphatic rings. The Morgan fingerprint density at radius 2 is 1.77 bits per heavy atom. The minimum atomic E-state index is -0.789. The summed E-state index contributed by atoms with van der Waals surface area (Å²) >= 11 is 0. The Morgan fingerprint density at radius 3 is 2.50 bits per heavy atom. The van der Waals surface area contributed by atoms with Gasteiger partial charge >= 0.3 is 0 Å². The van der Waals surface area contributed by atoms with Gasteiger partial charge in [-0.3, -0.25) is 4.79 Å². The molecule has 1 aromatic heterocycles. The summed E-state index contributed by atoms with van der Waals surface area (Å²) in [5.74, 6) is -2.60. The standard InChI is InChI=1S/C19H14F3N3O/c20-11-8-12(21)10-13(9-11)23-19(26)18-14-4-3-7-16(14)25(24-18)17-6-2-1-5-15(17)22/h1-2,5-6,8-10H,3-4,7H2,(H,23,26). The molecular formula is C19H14F3N3O. The maximum absolute atomic E-state index is 14.1. The number of halogens is 3. The van der Waals surface area contributed by atoms with E-state index in [1.165, 1.54) is 10.7 Å². The number of hydrogen-bond acceptors (Lipinski definition) is 2. The second kappa shape index (κ2) is 6.33. The normalized spacial score (nSPS) is 12.9. The summed E-state index contributed by atoms with van der Waals surface area (Å²) in [4.78, 5) is 12.6. The zero-order valence-electron chi connectivity index (χ0n) is 13.6. The molecule has 0 unspecified atom stereocenters. The van der Waals surface area contributed by atoms with E-state index in [0.717, 1.165) is 35.9 Å². The molecule has 0 spiro atoms. The lowest BCUT2D eigenvalue weighted by molar-refractivity contribution is 0.102. The molecule has 1 N–H and O–H groups in total. The minimum Gasteiger partial charge on any atom is -0.320 e. The smallest absolute Gasteiger partial charge is 0.276 e. The predicted molar refractivity (Wildman–Crippen MR) is 89.9 cm³/mol. The van der Waals surface area contributed by atoms with Crippen molar-refractivity contribution in [2.75, 3.05) is 5.32 Å². The topological polar surface area (TPSA) is 46.9 Å². The molecule has 0 bridgehead atoms. The highest BCUT2D eigenvalue weighted by Gasteiger charge is 2.27. The average Bonchev–Trinajstić information content (AvgIpc) is 3.16. The molecule has 3 aromatic rings. The molecule has 0 saturated carbocycles. The molecule has 4 rings (SSSR count). The van der Waals surface area contributed by atoms with Crippen LogP contribution in [0, 0.1) is 17.5 Å². The van der Waals surface area contributed by atoms with Crippen LogP contribution in [0.5, 0.6) is 0 Å². The number of fused-ring (bicyclic) bond motifs is 1. The first-order valence-electron chi connectivity index (χ1n) is 8.16. The Morgan fingerprint density at radius 1 is 1.04 bits per heavy atom. The van der Waals surface area contributed by atoms with Crippen LogP contribution in [-0.4, -0.2) is 15.7 Å². The van der Waals surface area contributed by atoms with Crippen molar-refractivity contribution in [2.45, 2.75) is 19.3 Å². The van der Waals surface area contributed by atoms with E-state index in [1.54, 1.807) is 18.2 Å². The van der Waals surface area contributed by atoms with E-state index in [9.17, 15) is 18.0 Å². The highest BCUT2D eigenvalue weighted by molar-refractivity contribution is 6.04. The number of anilines is 1. The number of nitrogens with one attached hydrogen (secondary N) is 1. The third kappa shape index (κ3) is 2.85. The van der Waals surface area contributed by atoms with Crippen LogP contribution >= 0.6 is 0 Å². The molecule has 1 aliphatic carbocycles. The van der Waals surface area contributed by atoms with Gasteiger partial charge in [-0.25, -0.2) is 17.9 Å². The molecule has 2 aromatic carbocycles. The zero-order chi connectivity index (χ0) is 18.3. The Labute approximate surface area is 147 Å². The van der Waals surface area contributed by atoms with Gasteiger partial charge in [0.05, 0.1) is 0 Å². The number of nitrogens with zero attached hydrogens (tertiary/aromatic N) is 2. The molecule has 1 amide bonds. The average molecular weight is 357 g/mol. The molecular weight excluding hydrogens is 343 g/mol. The van der Waals surface area contributed by atoms with Gasteiger partial charge in [0.2, 0.25) is 0 Å². The van der Waals surface area contributed by atoms with Gasteiger partial charge in [-0.1, -0.05) is 12.1 Å². The fourth-order valence-electron chi connectivity index (χ4n) is 3.26. The second-order valence-electron chi connectivity index (χ2n) is 6.10. The largest absolute Gasteiger partial charge is 0.320 e. The predicted octanol–water partition coefficient (Wildman–Crippen LogP) is 4.03. The maximum Gasteiger partial charge on any atom is 0.276 e. The van der Waals surface area contributed by atoms with Crippen LogP contribution in [0.4, 0.5) is 18.9 Å². The van der Waals surface area contributed by atoms with Crippen molar-refractivity contribution in [1.82, 2.24) is 9.78 Å². The first kappa shape index (κ1) is 16.4. The van der Waals surface area contributed by atoms with E-state index < -0.39 is 23.4 Å². The van der Waals surface area contributed by atoms with E-state index >= 15 is 0 Å². The highest BCUT2D eigenvalue weighted by Crippen LogP contribution is 2.29. The molecule has 0 aliphatic heterocycles. The number of para-hydroxylation sites is 1. The van der Waals surface area contributed by atoms with Gasteiger partial charge in [0.15, 0.2) is 5.69 Å². The lowest BCUT2D eigenvalue weighted by atomic mass is 10.2. The number of carbonyl (C=O) groups excluding carboxylic acids is 1. The van der Waals surface area contributed by atoms with E-state index in [2.05, 4.69) is 10.4 Å². The van der Waals surface area contributed by atoms with Crippen molar-refractivity contribution in [3.63, 3.8) is 0 Å². The Balaban J connectivity index is 1.72. The maximum atomic E-state index is 14.1. The summed E-state index contributed by atoms with van der Waals surface area (Å²) in [7, 11) is 0. The summed E-state index contributed by atoms with van der Waals surface area (Å²) in [5.41, 5.74) is 1.93. The van der Waals surface area contributed by atoms with Crippen LogP contribution in [0.3, 0.4) is 0 Å². The molecule has 0 fully saturated rings. The highest BCUT2D eigenvalue weighted by atomic mass is 19.1. The Bertz CT molecular complexity index is 993. The molecule has 26 heavy (non-hydrogen) atoms. The van der Waals surface area contributed by atoms with Gasteiger partial charge < -0.3 is 5.32 Å². The number of amides is 1. The van der Waals surface area contributed by atoms with Crippen LogP contribution in [0.1, 0.15) is 28.2 Å². The molecule has 0 radical (unpaired) electrons. The van der Waals surface area contributed by atoms with Crippen molar-refractivity contribution >= 4 is 11.6 Å². The number of carbonyl (C=O) groups is 1. The number of benzene rings is 2. The van der Waals surface area contributed by atoms with Crippen molar-refractivity contribution in [1.29, 1.82) is 0 Å². The van der Waals surface area contributed by atoms with E-state index in [1.807, 2.05) is 0 Å². The van der Waals surface area contributed by atoms with Gasteiger partial charge in [0.1, 0.15) is 23.1 Å². The van der Waals surface area contributed by atoms with Crippen LogP contribution in [-0.2, 0) is 12.8 Å². The van der Waals surface area contributed by atoms with E-state index in [-0.39, 0.29) is 17.1 Å². The first-order chi connectivity index (χ1) is 12.5. The van der Waals surface area contributed by atoms with Crippen LogP contribution < -0.4 is 5.32 Å². The number of hydrogen-bond donors (Lipinski definition) is 1. The van der Waals surface area contributed by atoms with E-state index in [4.69, 9.17) is 0 Å². The second-order valence-corrected chi connectivity index (χ2v) is 6.10. The lowest BCUT2D eigenvalue weighted by Crippen LogP contribution is -2.15. The SMILES string of the molecule is O=C(Nc1cc(F)cc(F)c1)c1nn(-c2ccccc2F)c2c1CCC2. The van der Waals surface area contributed by atoms with Crippen molar-refractivity contribution in [2.24, 2.45) is 0 Å². The fourth-order valence-corrected chi connectivity index (χ4v) is 3.26. The Hall–Kier alpha value is -3.09. The third-order valence-corrected chi connectivity index (χ3v) is 4.35. The van der Waals surface area contributed by atoms with Crippen molar-refractivity contribution < 1.29 is 18.0 Å². The molecule has 4 nitrogen and oxygen atoms in total. The summed E-state index contributed by atoms with van der Waals surface area (Å²) in [6.45, 7) is 0. The molecule has 1 heterocycles. The summed E-state index contributed by atoms with van der Waals surface area (Å²) in [5, 5.41) is 6.74. The van der Waals surface area contributed by atoms with Crippen molar-refractivity contribution in [3.05, 3.63) is 76.9 Å². The summed E-state index contributed by atoms with van der Waals surface area (Å²) in [6, 6.07) is 8.95. The quantitative estimate of drug-likeness (QED) is 0.769. The van der Waals surface area contributed by atoms with Gasteiger partial charge in [-0.2, -0.15) is 5.10 Å². The van der Waals surface area contributed by atoms with Gasteiger partial charge in [-0.05, 0) is 43.5 Å². The third-order valence-electron chi connectivity index (χ3n) is 4.35. The van der Waals surface area contributed by atoms with Crippen molar-refractivity contribution in [3.8, 4) is 5.69 Å². The summed E-state index contributed by atoms with van der Waals surface area (Å²) in [6.07, 6.45) is 2.15. The minimum absolute atomic E-state index is 0.000288. The van der Waals surface area contributed by atoms with E-state index in [0.29, 0.717) is 12.8 Å². The molecule has 132 valence electrons. The van der Waals surface area contributed by atoms with Crippen LogP contribution in [0.15, 0.2) is 42.5 Å². The number of rotatable bonds is 3. The van der Waals surface area contributed by atoms with Gasteiger partial charge in [-0.15, -0.1) is 0 Å². The lowest BCUT2D eigenvalue weighted by Gasteiger charge is -2.06. The van der Waals surface area contributed by atoms with Crippen LogP contribution in [0.2, 0.25) is 0 Å².